The average molecular weight is 574 g/mol. The van der Waals surface area contributed by atoms with E-state index in [0.717, 1.165) is 56.1 Å². The summed E-state index contributed by atoms with van der Waals surface area (Å²) in [6.07, 6.45) is 4.33. The van der Waals surface area contributed by atoms with Crippen LogP contribution in [0.2, 0.25) is 0 Å². The standard InChI is InChI=1S/C31H30F3N7O/c1-40-26(23-6-2-3-7-24(23)31(32,33)34)38-39-27(40)30-13-10-29(11-14-30,12-15-30)20-36-28(42)37-22-8-9-25(21(18-22)19-35)41-16-4-5-17-41/h2-9,16-18H,10-15,20H2,1H3,(H2,36,37,42). The molecule has 2 bridgehead atoms. The number of aromatic nitrogens is 4. The molecular weight excluding hydrogens is 543 g/mol. The summed E-state index contributed by atoms with van der Waals surface area (Å²) in [5, 5.41) is 24.1. The van der Waals surface area contributed by atoms with Crippen molar-refractivity contribution in [2.24, 2.45) is 12.5 Å². The topological polar surface area (TPSA) is 101 Å². The van der Waals surface area contributed by atoms with E-state index in [2.05, 4.69) is 26.9 Å². The largest absolute Gasteiger partial charge is 0.417 e. The zero-order chi connectivity index (χ0) is 29.5. The van der Waals surface area contributed by atoms with Crippen molar-refractivity contribution in [3.05, 3.63) is 83.9 Å². The molecule has 42 heavy (non-hydrogen) atoms. The highest BCUT2D eigenvalue weighted by Gasteiger charge is 2.51. The summed E-state index contributed by atoms with van der Waals surface area (Å²) in [7, 11) is 1.75. The maximum absolute atomic E-state index is 13.7. The monoisotopic (exact) mass is 573 g/mol. The van der Waals surface area contributed by atoms with E-state index in [9.17, 15) is 23.2 Å². The van der Waals surface area contributed by atoms with Crippen LogP contribution in [0.4, 0.5) is 23.7 Å². The SMILES string of the molecule is Cn1c(-c2ccccc2C(F)(F)F)nnc1C12CCC(CNC(=O)Nc3ccc(-n4cccc4)c(C#N)c3)(CC1)CC2. The molecule has 3 aliphatic rings. The molecule has 0 radical (unpaired) electrons. The second-order valence-electron chi connectivity index (χ2n) is 11.5. The van der Waals surface area contributed by atoms with Crippen molar-refractivity contribution < 1.29 is 18.0 Å². The van der Waals surface area contributed by atoms with Crippen molar-refractivity contribution in [3.63, 3.8) is 0 Å². The van der Waals surface area contributed by atoms with E-state index in [-0.39, 0.29) is 28.2 Å². The number of nitrogens with one attached hydrogen (secondary N) is 2. The minimum atomic E-state index is -4.49. The Hall–Kier alpha value is -4.59. The molecule has 2 aromatic carbocycles. The number of alkyl halides is 3. The number of hydrogen-bond donors (Lipinski definition) is 2. The number of hydrogen-bond acceptors (Lipinski definition) is 4. The number of carbonyl (C=O) groups is 1. The Kier molecular flexibility index (Phi) is 6.80. The summed E-state index contributed by atoms with van der Waals surface area (Å²) in [5.41, 5.74) is 0.744. The molecular formula is C31H30F3N7O. The molecule has 7 rings (SSSR count). The second-order valence-corrected chi connectivity index (χ2v) is 11.5. The molecule has 3 saturated carbocycles. The summed E-state index contributed by atoms with van der Waals surface area (Å²) >= 11 is 0. The van der Waals surface area contributed by atoms with Gasteiger partial charge >= 0.3 is 12.2 Å². The molecule has 2 heterocycles. The summed E-state index contributed by atoms with van der Waals surface area (Å²) < 4.78 is 44.6. The minimum Gasteiger partial charge on any atom is -0.337 e. The number of amides is 2. The lowest BCUT2D eigenvalue weighted by atomic mass is 9.53. The van der Waals surface area contributed by atoms with Crippen molar-refractivity contribution in [2.75, 3.05) is 11.9 Å². The summed E-state index contributed by atoms with van der Waals surface area (Å²) in [6, 6.07) is 16.3. The number of nitrogens with zero attached hydrogens (tertiary/aromatic N) is 5. The van der Waals surface area contributed by atoms with Crippen LogP contribution in [-0.2, 0) is 18.6 Å². The van der Waals surface area contributed by atoms with Crippen LogP contribution in [0.5, 0.6) is 0 Å². The number of nitriles is 1. The zero-order valence-electron chi connectivity index (χ0n) is 23.1. The van der Waals surface area contributed by atoms with Gasteiger partial charge in [0.05, 0.1) is 16.8 Å². The third-order valence-corrected chi connectivity index (χ3v) is 9.11. The summed E-state index contributed by atoms with van der Waals surface area (Å²) in [5.74, 6) is 0.944. The quantitative estimate of drug-likeness (QED) is 0.272. The first-order chi connectivity index (χ1) is 20.1. The highest BCUT2D eigenvalue weighted by atomic mass is 19.4. The highest BCUT2D eigenvalue weighted by Crippen LogP contribution is 2.57. The van der Waals surface area contributed by atoms with Crippen LogP contribution in [0.25, 0.3) is 17.1 Å². The number of urea groups is 1. The van der Waals surface area contributed by atoms with Crippen molar-refractivity contribution in [1.29, 1.82) is 5.26 Å². The summed E-state index contributed by atoms with van der Waals surface area (Å²) in [6.45, 7) is 0.518. The van der Waals surface area contributed by atoms with Gasteiger partial charge in [-0.3, -0.25) is 0 Å². The molecule has 0 unspecified atom stereocenters. The van der Waals surface area contributed by atoms with Gasteiger partial charge < -0.3 is 19.8 Å². The van der Waals surface area contributed by atoms with Crippen molar-refractivity contribution in [2.45, 2.75) is 50.1 Å². The first-order valence-electron chi connectivity index (χ1n) is 13.9. The van der Waals surface area contributed by atoms with Gasteiger partial charge in [0.15, 0.2) is 5.82 Å². The molecule has 2 amide bonds. The van der Waals surface area contributed by atoms with E-state index >= 15 is 0 Å². The Morgan fingerprint density at radius 3 is 2.36 bits per heavy atom. The molecule has 0 saturated heterocycles. The first-order valence-corrected chi connectivity index (χ1v) is 13.9. The third kappa shape index (κ3) is 4.91. The predicted molar refractivity (Wildman–Crippen MR) is 151 cm³/mol. The van der Waals surface area contributed by atoms with E-state index in [1.807, 2.05) is 29.1 Å². The molecule has 3 aliphatic carbocycles. The number of fused-ring (bicyclic) bond motifs is 3. The number of benzene rings is 2. The molecule has 0 spiro atoms. The van der Waals surface area contributed by atoms with E-state index < -0.39 is 11.7 Å². The molecule has 3 fully saturated rings. The average Bonchev–Trinajstić information content (AvgIpc) is 3.67. The van der Waals surface area contributed by atoms with E-state index in [0.29, 0.717) is 17.8 Å². The zero-order valence-corrected chi connectivity index (χ0v) is 23.1. The molecule has 8 nitrogen and oxygen atoms in total. The minimum absolute atomic E-state index is 0.0279. The van der Waals surface area contributed by atoms with Crippen LogP contribution in [0, 0.1) is 16.7 Å². The number of carbonyl (C=O) groups excluding carboxylic acids is 1. The first kappa shape index (κ1) is 27.6. The fourth-order valence-electron chi connectivity index (χ4n) is 6.68. The molecule has 0 aliphatic heterocycles. The van der Waals surface area contributed by atoms with Crippen LogP contribution in [0.15, 0.2) is 67.0 Å². The number of anilines is 1. The Balaban J connectivity index is 1.10. The van der Waals surface area contributed by atoms with Crippen LogP contribution in [0.1, 0.15) is 55.5 Å². The van der Waals surface area contributed by atoms with Crippen molar-refractivity contribution >= 4 is 11.7 Å². The molecule has 2 N–H and O–H groups in total. The molecule has 11 heteroatoms. The van der Waals surface area contributed by atoms with Crippen LogP contribution in [0.3, 0.4) is 0 Å². The maximum Gasteiger partial charge on any atom is 0.417 e. The van der Waals surface area contributed by atoms with Gasteiger partial charge in [0.25, 0.3) is 0 Å². The fraction of sp³-hybridized carbons (Fsp3) is 0.355. The fourth-order valence-corrected chi connectivity index (χ4v) is 6.68. The van der Waals surface area contributed by atoms with Crippen molar-refractivity contribution in [1.82, 2.24) is 24.6 Å². The van der Waals surface area contributed by atoms with Gasteiger partial charge in [0.2, 0.25) is 0 Å². The second kappa shape index (κ2) is 10.4. The Bertz CT molecular complexity index is 1640. The molecule has 0 atom stereocenters. The Morgan fingerprint density at radius 2 is 1.69 bits per heavy atom. The van der Waals surface area contributed by atoms with E-state index in [1.54, 1.807) is 35.9 Å². The molecule has 216 valence electrons. The Morgan fingerprint density at radius 1 is 1.00 bits per heavy atom. The van der Waals surface area contributed by atoms with Gasteiger partial charge in [-0.25, -0.2) is 4.79 Å². The number of rotatable bonds is 6. The highest BCUT2D eigenvalue weighted by molar-refractivity contribution is 5.89. The van der Waals surface area contributed by atoms with Crippen molar-refractivity contribution in [3.8, 4) is 23.1 Å². The van der Waals surface area contributed by atoms with Crippen LogP contribution < -0.4 is 10.6 Å². The lowest BCUT2D eigenvalue weighted by Crippen LogP contribution is -2.50. The van der Waals surface area contributed by atoms with Gasteiger partial charge in [0, 0.05) is 42.7 Å². The van der Waals surface area contributed by atoms with Gasteiger partial charge in [-0.05, 0) is 80.3 Å². The predicted octanol–water partition coefficient (Wildman–Crippen LogP) is 6.58. The smallest absolute Gasteiger partial charge is 0.337 e. The third-order valence-electron chi connectivity index (χ3n) is 9.11. The molecule has 4 aromatic rings. The molecule has 2 aromatic heterocycles. The van der Waals surface area contributed by atoms with Gasteiger partial charge in [-0.1, -0.05) is 18.2 Å². The summed E-state index contributed by atoms with van der Waals surface area (Å²) in [4.78, 5) is 12.8. The van der Waals surface area contributed by atoms with E-state index in [1.165, 1.54) is 12.1 Å². The normalized spacial score (nSPS) is 21.6. The number of halogens is 3. The van der Waals surface area contributed by atoms with Crippen LogP contribution >= 0.6 is 0 Å². The van der Waals surface area contributed by atoms with Gasteiger partial charge in [-0.15, -0.1) is 10.2 Å². The maximum atomic E-state index is 13.7. The van der Waals surface area contributed by atoms with Crippen LogP contribution in [-0.4, -0.2) is 31.9 Å². The lowest BCUT2D eigenvalue weighted by molar-refractivity contribution is -0.137. The van der Waals surface area contributed by atoms with Gasteiger partial charge in [-0.2, -0.15) is 18.4 Å². The van der Waals surface area contributed by atoms with Gasteiger partial charge in [0.1, 0.15) is 11.9 Å². The van der Waals surface area contributed by atoms with E-state index in [4.69, 9.17) is 0 Å². The Labute approximate surface area is 241 Å². The lowest BCUT2D eigenvalue weighted by Gasteiger charge is -2.52.